The lowest BCUT2D eigenvalue weighted by Crippen LogP contribution is -2.45. The van der Waals surface area contributed by atoms with Crippen molar-refractivity contribution in [1.82, 2.24) is 9.80 Å². The molecule has 1 heterocycles. The largest absolute Gasteiger partial charge is 0.303 e. The van der Waals surface area contributed by atoms with Crippen LogP contribution in [0.2, 0.25) is 0 Å². The number of piperidine rings is 1. The predicted octanol–water partition coefficient (Wildman–Crippen LogP) is 2.37. The Kier molecular flexibility index (Phi) is 5.34. The van der Waals surface area contributed by atoms with Crippen molar-refractivity contribution in [2.24, 2.45) is 0 Å². The quantitative estimate of drug-likeness (QED) is 0.643. The lowest BCUT2D eigenvalue weighted by Gasteiger charge is -2.37. The summed E-state index contributed by atoms with van der Waals surface area (Å²) < 4.78 is 0. The van der Waals surface area contributed by atoms with Gasteiger partial charge in [-0.05, 0) is 45.9 Å². The molecule has 88 valence electrons. The first-order valence-electron chi connectivity index (χ1n) is 6.28. The SMILES string of the molecule is C=C(C)CN(CC)C1CCN(CC)CC1. The molecule has 0 aromatic carbocycles. The molecule has 0 atom stereocenters. The molecule has 0 bridgehead atoms. The van der Waals surface area contributed by atoms with Gasteiger partial charge in [-0.15, -0.1) is 0 Å². The van der Waals surface area contributed by atoms with E-state index in [-0.39, 0.29) is 0 Å². The van der Waals surface area contributed by atoms with Gasteiger partial charge in [-0.2, -0.15) is 0 Å². The molecule has 1 fully saturated rings. The molecule has 1 aliphatic rings. The summed E-state index contributed by atoms with van der Waals surface area (Å²) in [5.74, 6) is 0. The summed E-state index contributed by atoms with van der Waals surface area (Å²) in [7, 11) is 0. The molecule has 2 heteroatoms. The molecule has 1 rings (SSSR count). The Labute approximate surface area is 94.9 Å². The van der Waals surface area contributed by atoms with E-state index >= 15 is 0 Å². The monoisotopic (exact) mass is 210 g/mol. The van der Waals surface area contributed by atoms with Crippen LogP contribution in [0.1, 0.15) is 33.6 Å². The highest BCUT2D eigenvalue weighted by molar-refractivity contribution is 4.94. The van der Waals surface area contributed by atoms with E-state index in [9.17, 15) is 0 Å². The lowest BCUT2D eigenvalue weighted by atomic mass is 10.0. The Morgan fingerprint density at radius 1 is 1.33 bits per heavy atom. The van der Waals surface area contributed by atoms with Crippen molar-refractivity contribution in [3.8, 4) is 0 Å². The molecule has 0 spiro atoms. The molecule has 0 N–H and O–H groups in total. The van der Waals surface area contributed by atoms with Gasteiger partial charge in [0.25, 0.3) is 0 Å². The van der Waals surface area contributed by atoms with Crippen LogP contribution in [-0.2, 0) is 0 Å². The molecular formula is C13H26N2. The van der Waals surface area contributed by atoms with Gasteiger partial charge in [0.1, 0.15) is 0 Å². The molecule has 0 aromatic rings. The van der Waals surface area contributed by atoms with E-state index in [1.807, 2.05) is 0 Å². The molecule has 0 aromatic heterocycles. The first-order chi connectivity index (χ1) is 7.17. The Morgan fingerprint density at radius 3 is 2.33 bits per heavy atom. The molecule has 0 radical (unpaired) electrons. The van der Waals surface area contributed by atoms with Gasteiger partial charge in [0, 0.05) is 12.6 Å². The molecule has 0 unspecified atom stereocenters. The summed E-state index contributed by atoms with van der Waals surface area (Å²) >= 11 is 0. The Hall–Kier alpha value is -0.340. The van der Waals surface area contributed by atoms with Gasteiger partial charge in [-0.3, -0.25) is 4.90 Å². The van der Waals surface area contributed by atoms with Crippen LogP contribution < -0.4 is 0 Å². The molecule has 0 aliphatic carbocycles. The standard InChI is InChI=1S/C13H26N2/c1-5-14-9-7-13(8-10-14)15(6-2)11-12(3)4/h13H,3,5-11H2,1-2,4H3. The van der Waals surface area contributed by atoms with Crippen LogP contribution in [-0.4, -0.2) is 48.6 Å². The zero-order chi connectivity index (χ0) is 11.3. The van der Waals surface area contributed by atoms with E-state index in [2.05, 4.69) is 37.1 Å². The van der Waals surface area contributed by atoms with E-state index < -0.39 is 0 Å². The first-order valence-corrected chi connectivity index (χ1v) is 6.28. The third-order valence-electron chi connectivity index (χ3n) is 3.40. The summed E-state index contributed by atoms with van der Waals surface area (Å²) in [6, 6.07) is 0.787. The van der Waals surface area contributed by atoms with Crippen LogP contribution in [0.4, 0.5) is 0 Å². The second-order valence-corrected chi connectivity index (χ2v) is 4.69. The molecular weight excluding hydrogens is 184 g/mol. The van der Waals surface area contributed by atoms with Crippen LogP contribution in [0.3, 0.4) is 0 Å². The van der Waals surface area contributed by atoms with Gasteiger partial charge >= 0.3 is 0 Å². The van der Waals surface area contributed by atoms with Crippen molar-refractivity contribution in [2.45, 2.75) is 39.7 Å². The fourth-order valence-corrected chi connectivity index (χ4v) is 2.45. The lowest BCUT2D eigenvalue weighted by molar-refractivity contribution is 0.123. The molecule has 0 saturated carbocycles. The van der Waals surface area contributed by atoms with Gasteiger partial charge in [-0.25, -0.2) is 0 Å². The van der Waals surface area contributed by atoms with Gasteiger partial charge in [0.15, 0.2) is 0 Å². The first kappa shape index (κ1) is 12.7. The van der Waals surface area contributed by atoms with Crippen LogP contribution in [0.25, 0.3) is 0 Å². The van der Waals surface area contributed by atoms with Crippen molar-refractivity contribution in [1.29, 1.82) is 0 Å². The van der Waals surface area contributed by atoms with Gasteiger partial charge < -0.3 is 4.90 Å². The Bertz CT molecular complexity index is 193. The normalized spacial score (nSPS) is 19.7. The van der Waals surface area contributed by atoms with Crippen LogP contribution in [0.5, 0.6) is 0 Å². The number of rotatable bonds is 5. The zero-order valence-electron chi connectivity index (χ0n) is 10.6. The summed E-state index contributed by atoms with van der Waals surface area (Å²) in [4.78, 5) is 5.13. The minimum absolute atomic E-state index is 0.787. The fourth-order valence-electron chi connectivity index (χ4n) is 2.45. The average molecular weight is 210 g/mol. The zero-order valence-corrected chi connectivity index (χ0v) is 10.6. The van der Waals surface area contributed by atoms with Crippen LogP contribution in [0, 0.1) is 0 Å². The van der Waals surface area contributed by atoms with Gasteiger partial charge in [0.2, 0.25) is 0 Å². The number of hydrogen-bond acceptors (Lipinski definition) is 2. The summed E-state index contributed by atoms with van der Waals surface area (Å²) in [6.45, 7) is 16.6. The number of nitrogens with zero attached hydrogens (tertiary/aromatic N) is 2. The maximum absolute atomic E-state index is 4.02. The second-order valence-electron chi connectivity index (χ2n) is 4.69. The Morgan fingerprint density at radius 2 is 1.93 bits per heavy atom. The predicted molar refractivity (Wildman–Crippen MR) is 67.2 cm³/mol. The minimum Gasteiger partial charge on any atom is -0.303 e. The van der Waals surface area contributed by atoms with E-state index in [1.165, 1.54) is 38.0 Å². The highest BCUT2D eigenvalue weighted by atomic mass is 15.2. The molecule has 1 saturated heterocycles. The topological polar surface area (TPSA) is 6.48 Å². The summed E-state index contributed by atoms with van der Waals surface area (Å²) in [6.07, 6.45) is 2.66. The van der Waals surface area contributed by atoms with Crippen LogP contribution >= 0.6 is 0 Å². The van der Waals surface area contributed by atoms with Crippen molar-refractivity contribution < 1.29 is 0 Å². The molecule has 2 nitrogen and oxygen atoms in total. The molecule has 1 aliphatic heterocycles. The number of likely N-dealkylation sites (N-methyl/N-ethyl adjacent to an activating group) is 1. The fraction of sp³-hybridized carbons (Fsp3) is 0.846. The van der Waals surface area contributed by atoms with Gasteiger partial charge in [0.05, 0.1) is 0 Å². The molecule has 0 amide bonds. The van der Waals surface area contributed by atoms with Gasteiger partial charge in [-0.1, -0.05) is 26.0 Å². The number of hydrogen-bond donors (Lipinski definition) is 0. The van der Waals surface area contributed by atoms with E-state index in [0.717, 1.165) is 19.1 Å². The molecule has 15 heavy (non-hydrogen) atoms. The van der Waals surface area contributed by atoms with Crippen molar-refractivity contribution >= 4 is 0 Å². The van der Waals surface area contributed by atoms with E-state index in [1.54, 1.807) is 0 Å². The van der Waals surface area contributed by atoms with Crippen molar-refractivity contribution in [3.05, 3.63) is 12.2 Å². The summed E-state index contributed by atoms with van der Waals surface area (Å²) in [5, 5.41) is 0. The number of likely N-dealkylation sites (tertiary alicyclic amines) is 1. The highest BCUT2D eigenvalue weighted by Gasteiger charge is 2.22. The smallest absolute Gasteiger partial charge is 0.0190 e. The van der Waals surface area contributed by atoms with E-state index in [0.29, 0.717) is 0 Å². The van der Waals surface area contributed by atoms with Crippen molar-refractivity contribution in [3.63, 3.8) is 0 Å². The van der Waals surface area contributed by atoms with Crippen LogP contribution in [0.15, 0.2) is 12.2 Å². The maximum atomic E-state index is 4.02. The third kappa shape index (κ3) is 3.96. The summed E-state index contributed by atoms with van der Waals surface area (Å²) in [5.41, 5.74) is 1.29. The second kappa shape index (κ2) is 6.29. The van der Waals surface area contributed by atoms with Crippen molar-refractivity contribution in [2.75, 3.05) is 32.7 Å². The van der Waals surface area contributed by atoms with E-state index in [4.69, 9.17) is 0 Å². The Balaban J connectivity index is 2.39. The minimum atomic E-state index is 0.787. The third-order valence-corrected chi connectivity index (χ3v) is 3.40. The maximum Gasteiger partial charge on any atom is 0.0190 e. The average Bonchev–Trinajstić information content (AvgIpc) is 2.26. The highest BCUT2D eigenvalue weighted by Crippen LogP contribution is 2.16.